The van der Waals surface area contributed by atoms with Gasteiger partial charge in [0.1, 0.15) is 0 Å². The largest absolute Gasteiger partial charge is 0.304 e. The van der Waals surface area contributed by atoms with Gasteiger partial charge in [0.2, 0.25) is 0 Å². The molecule has 0 aliphatic carbocycles. The zero-order valence-corrected chi connectivity index (χ0v) is 11.4. The van der Waals surface area contributed by atoms with Crippen molar-refractivity contribution in [3.8, 4) is 0 Å². The molecule has 0 spiro atoms. The van der Waals surface area contributed by atoms with Gasteiger partial charge in [-0.15, -0.1) is 11.3 Å². The van der Waals surface area contributed by atoms with E-state index in [-0.39, 0.29) is 0 Å². The maximum Gasteiger partial charge on any atom is 0.0547 e. The predicted octanol–water partition coefficient (Wildman–Crippen LogP) is 2.89. The van der Waals surface area contributed by atoms with Crippen LogP contribution in [0.2, 0.25) is 0 Å². The van der Waals surface area contributed by atoms with Gasteiger partial charge in [0.15, 0.2) is 0 Å². The third-order valence-corrected chi connectivity index (χ3v) is 4.05. The number of nitrogens with one attached hydrogen (secondary N) is 1. The first-order valence-corrected chi connectivity index (χ1v) is 6.86. The van der Waals surface area contributed by atoms with Crippen LogP contribution in [0.3, 0.4) is 0 Å². The Morgan fingerprint density at radius 3 is 2.94 bits per heavy atom. The Balaban J connectivity index is 1.97. The maximum atomic E-state index is 4.20. The summed E-state index contributed by atoms with van der Waals surface area (Å²) in [6, 6.07) is 4.61. The SMILES string of the molecule is CCc1ccsc1CNC(C)c1ccnn1C. The van der Waals surface area contributed by atoms with Crippen LogP contribution in [-0.4, -0.2) is 9.78 Å². The van der Waals surface area contributed by atoms with Crippen LogP contribution >= 0.6 is 11.3 Å². The Kier molecular flexibility index (Phi) is 3.97. The number of thiophene rings is 1. The van der Waals surface area contributed by atoms with Gasteiger partial charge in [-0.3, -0.25) is 4.68 Å². The molecule has 0 saturated heterocycles. The van der Waals surface area contributed by atoms with Crippen molar-refractivity contribution in [2.45, 2.75) is 32.9 Å². The van der Waals surface area contributed by atoms with Gasteiger partial charge in [0.05, 0.1) is 5.69 Å². The Bertz CT molecular complexity index is 472. The molecule has 0 aliphatic heterocycles. The fraction of sp³-hybridized carbons (Fsp3) is 0.462. The van der Waals surface area contributed by atoms with E-state index < -0.39 is 0 Å². The molecule has 92 valence electrons. The Morgan fingerprint density at radius 1 is 1.47 bits per heavy atom. The Labute approximate surface area is 106 Å². The molecule has 0 radical (unpaired) electrons. The molecule has 2 heterocycles. The Hall–Kier alpha value is -1.13. The smallest absolute Gasteiger partial charge is 0.0547 e. The van der Waals surface area contributed by atoms with Crippen LogP contribution in [0.15, 0.2) is 23.7 Å². The first-order chi connectivity index (χ1) is 8.22. The second kappa shape index (κ2) is 5.47. The molecule has 0 aromatic carbocycles. The van der Waals surface area contributed by atoms with Gasteiger partial charge in [0.25, 0.3) is 0 Å². The lowest BCUT2D eigenvalue weighted by molar-refractivity contribution is 0.531. The first-order valence-electron chi connectivity index (χ1n) is 5.99. The lowest BCUT2D eigenvalue weighted by Gasteiger charge is -2.14. The van der Waals surface area contributed by atoms with Crippen LogP contribution < -0.4 is 5.32 Å². The first kappa shape index (κ1) is 12.3. The molecule has 2 rings (SSSR count). The summed E-state index contributed by atoms with van der Waals surface area (Å²) in [7, 11) is 1.98. The third kappa shape index (κ3) is 2.76. The summed E-state index contributed by atoms with van der Waals surface area (Å²) >= 11 is 1.83. The molecular weight excluding hydrogens is 230 g/mol. The summed E-state index contributed by atoms with van der Waals surface area (Å²) in [4.78, 5) is 1.45. The van der Waals surface area contributed by atoms with Gasteiger partial charge in [-0.25, -0.2) is 0 Å². The number of aryl methyl sites for hydroxylation is 2. The van der Waals surface area contributed by atoms with Crippen molar-refractivity contribution in [1.29, 1.82) is 0 Å². The molecule has 0 bridgehead atoms. The van der Waals surface area contributed by atoms with Crippen LogP contribution in [0.25, 0.3) is 0 Å². The predicted molar refractivity (Wildman–Crippen MR) is 72.2 cm³/mol. The van der Waals surface area contributed by atoms with Crippen molar-refractivity contribution in [2.75, 3.05) is 0 Å². The molecule has 0 amide bonds. The minimum Gasteiger partial charge on any atom is -0.304 e. The van der Waals surface area contributed by atoms with E-state index in [9.17, 15) is 0 Å². The topological polar surface area (TPSA) is 29.9 Å². The van der Waals surface area contributed by atoms with Crippen LogP contribution in [0, 0.1) is 0 Å². The summed E-state index contributed by atoms with van der Waals surface area (Å²) < 4.78 is 1.92. The molecular formula is C13H19N3S. The highest BCUT2D eigenvalue weighted by Gasteiger charge is 2.10. The second-order valence-electron chi connectivity index (χ2n) is 4.20. The number of nitrogens with zero attached hydrogens (tertiary/aromatic N) is 2. The third-order valence-electron chi connectivity index (χ3n) is 3.09. The van der Waals surface area contributed by atoms with E-state index in [4.69, 9.17) is 0 Å². The zero-order chi connectivity index (χ0) is 12.3. The van der Waals surface area contributed by atoms with E-state index >= 15 is 0 Å². The minimum absolute atomic E-state index is 0.328. The number of hydrogen-bond donors (Lipinski definition) is 1. The van der Waals surface area contributed by atoms with Crippen molar-refractivity contribution in [3.05, 3.63) is 39.8 Å². The maximum absolute atomic E-state index is 4.20. The van der Waals surface area contributed by atoms with E-state index in [1.54, 1.807) is 0 Å². The van der Waals surface area contributed by atoms with Crippen molar-refractivity contribution >= 4 is 11.3 Å². The van der Waals surface area contributed by atoms with Gasteiger partial charge in [-0.2, -0.15) is 5.10 Å². The van der Waals surface area contributed by atoms with Gasteiger partial charge in [0, 0.05) is 30.7 Å². The molecule has 1 N–H and O–H groups in total. The molecule has 1 atom stereocenters. The van der Waals surface area contributed by atoms with E-state index in [1.165, 1.54) is 16.1 Å². The number of hydrogen-bond acceptors (Lipinski definition) is 3. The lowest BCUT2D eigenvalue weighted by Crippen LogP contribution is -2.20. The van der Waals surface area contributed by atoms with Gasteiger partial charge >= 0.3 is 0 Å². The molecule has 2 aromatic rings. The monoisotopic (exact) mass is 249 g/mol. The minimum atomic E-state index is 0.328. The average Bonchev–Trinajstić information content (AvgIpc) is 2.94. The molecule has 0 aliphatic rings. The summed E-state index contributed by atoms with van der Waals surface area (Å²) in [6.45, 7) is 5.32. The number of rotatable bonds is 5. The van der Waals surface area contributed by atoms with Crippen LogP contribution in [0.4, 0.5) is 0 Å². The highest BCUT2D eigenvalue weighted by Crippen LogP contribution is 2.19. The summed E-state index contributed by atoms with van der Waals surface area (Å²) in [6.07, 6.45) is 2.96. The fourth-order valence-corrected chi connectivity index (χ4v) is 2.92. The van der Waals surface area contributed by atoms with Crippen molar-refractivity contribution in [2.24, 2.45) is 7.05 Å². The quantitative estimate of drug-likeness (QED) is 0.883. The van der Waals surface area contributed by atoms with Gasteiger partial charge in [-0.05, 0) is 36.4 Å². The molecule has 1 unspecified atom stereocenters. The van der Waals surface area contributed by atoms with Crippen LogP contribution in [-0.2, 0) is 20.0 Å². The second-order valence-corrected chi connectivity index (χ2v) is 5.21. The standard InChI is InChI=1S/C13H19N3S/c1-4-11-6-8-17-13(11)9-14-10(2)12-5-7-15-16(12)3/h5-8,10,14H,4,9H2,1-3H3. The lowest BCUT2D eigenvalue weighted by atomic mass is 10.2. The highest BCUT2D eigenvalue weighted by molar-refractivity contribution is 7.10. The van der Waals surface area contributed by atoms with Crippen LogP contribution in [0.5, 0.6) is 0 Å². The molecule has 0 fully saturated rings. The number of aromatic nitrogens is 2. The van der Waals surface area contributed by atoms with Gasteiger partial charge < -0.3 is 5.32 Å². The fourth-order valence-electron chi connectivity index (χ4n) is 2.00. The molecule has 0 saturated carbocycles. The van der Waals surface area contributed by atoms with Crippen LogP contribution in [0.1, 0.15) is 36.0 Å². The summed E-state index contributed by atoms with van der Waals surface area (Å²) in [5.74, 6) is 0. The molecule has 17 heavy (non-hydrogen) atoms. The van der Waals surface area contributed by atoms with Crippen molar-refractivity contribution in [1.82, 2.24) is 15.1 Å². The highest BCUT2D eigenvalue weighted by atomic mass is 32.1. The summed E-state index contributed by atoms with van der Waals surface area (Å²) in [5.41, 5.74) is 2.68. The Morgan fingerprint density at radius 2 is 2.29 bits per heavy atom. The van der Waals surface area contributed by atoms with E-state index in [0.29, 0.717) is 6.04 Å². The molecule has 2 aromatic heterocycles. The van der Waals surface area contributed by atoms with Gasteiger partial charge in [-0.1, -0.05) is 6.92 Å². The average molecular weight is 249 g/mol. The van der Waals surface area contributed by atoms with Crippen molar-refractivity contribution in [3.63, 3.8) is 0 Å². The van der Waals surface area contributed by atoms with E-state index in [1.807, 2.05) is 29.3 Å². The van der Waals surface area contributed by atoms with E-state index in [0.717, 1.165) is 13.0 Å². The summed E-state index contributed by atoms with van der Waals surface area (Å²) in [5, 5.41) is 9.92. The molecule has 4 heteroatoms. The molecule has 3 nitrogen and oxygen atoms in total. The normalized spacial score (nSPS) is 12.9. The zero-order valence-electron chi connectivity index (χ0n) is 10.6. The van der Waals surface area contributed by atoms with Crippen molar-refractivity contribution < 1.29 is 0 Å². The van der Waals surface area contributed by atoms with E-state index in [2.05, 4.69) is 41.8 Å².